The number of fused-ring (bicyclic) bond motifs is 1. The zero-order chi connectivity index (χ0) is 14.3. The zero-order valence-electron chi connectivity index (χ0n) is 13.2. The van der Waals surface area contributed by atoms with Crippen LogP contribution >= 0.6 is 0 Å². The molecule has 0 saturated carbocycles. The summed E-state index contributed by atoms with van der Waals surface area (Å²) in [6.07, 6.45) is 0. The number of aryl methyl sites for hydroxylation is 1. The third-order valence-corrected chi connectivity index (χ3v) is 3.96. The molecule has 0 aliphatic heterocycles. The van der Waals surface area contributed by atoms with Gasteiger partial charge in [-0.05, 0) is 16.5 Å². The van der Waals surface area contributed by atoms with E-state index < -0.39 is 0 Å². The van der Waals surface area contributed by atoms with Gasteiger partial charge in [0.15, 0.2) is 0 Å². The smallest absolute Gasteiger partial charge is 0 e. The van der Waals surface area contributed by atoms with Gasteiger partial charge in [-0.2, -0.15) is 6.07 Å². The summed E-state index contributed by atoms with van der Waals surface area (Å²) >= 11 is 0. The molecule has 0 aliphatic rings. The topological polar surface area (TPSA) is 0 Å². The van der Waals surface area contributed by atoms with E-state index in [1.165, 1.54) is 33.0 Å². The van der Waals surface area contributed by atoms with Gasteiger partial charge >= 0.3 is 0 Å². The molecular formula is C20H21Hf-. The Labute approximate surface area is 146 Å². The summed E-state index contributed by atoms with van der Waals surface area (Å²) in [5, 5.41) is 2.69. The van der Waals surface area contributed by atoms with E-state index in [0.717, 1.165) is 0 Å². The molecule has 0 radical (unpaired) electrons. The Kier molecular flexibility index (Phi) is 4.63. The first-order valence-corrected chi connectivity index (χ1v) is 7.22. The fourth-order valence-electron chi connectivity index (χ4n) is 2.79. The van der Waals surface area contributed by atoms with Crippen molar-refractivity contribution in [1.29, 1.82) is 0 Å². The predicted octanol–water partition coefficient (Wildman–Crippen LogP) is 5.83. The molecule has 1 heteroatoms. The van der Waals surface area contributed by atoms with Gasteiger partial charge in [-0.3, -0.25) is 0 Å². The third kappa shape index (κ3) is 3.23. The first-order chi connectivity index (χ1) is 9.45. The van der Waals surface area contributed by atoms with Gasteiger partial charge in [0.25, 0.3) is 0 Å². The number of hydrogen-bond acceptors (Lipinski definition) is 0. The minimum Gasteiger partial charge on any atom is -0.165 e. The largest absolute Gasteiger partial charge is 0.165 e. The molecule has 0 atom stereocenters. The fraction of sp³-hybridized carbons (Fsp3) is 0.250. The summed E-state index contributed by atoms with van der Waals surface area (Å²) in [5.41, 5.74) is 5.55. The SMILES string of the molecule is Cc1cc2c(-c3ccc(C(C)(C)C)cc3)cccc2[cH-]1.[Hf]. The molecule has 0 amide bonds. The standard InChI is InChI=1S/C20H21.Hf/c1-14-12-16-6-5-7-18(19(16)13-14)15-8-10-17(11-9-15)20(2,3)4;/h5-13H,1-4H3;/q-1;. The van der Waals surface area contributed by atoms with Crippen molar-refractivity contribution >= 4 is 10.8 Å². The van der Waals surface area contributed by atoms with Gasteiger partial charge in [0, 0.05) is 25.8 Å². The molecule has 0 aromatic heterocycles. The molecule has 21 heavy (non-hydrogen) atoms. The third-order valence-electron chi connectivity index (χ3n) is 3.96. The van der Waals surface area contributed by atoms with E-state index in [2.05, 4.69) is 82.3 Å². The van der Waals surface area contributed by atoms with Gasteiger partial charge in [0.05, 0.1) is 0 Å². The molecule has 3 aromatic rings. The normalized spacial score (nSPS) is 11.4. The summed E-state index contributed by atoms with van der Waals surface area (Å²) in [4.78, 5) is 0. The molecule has 0 fully saturated rings. The van der Waals surface area contributed by atoms with Gasteiger partial charge in [-0.15, -0.1) is 34.5 Å². The maximum Gasteiger partial charge on any atom is 0 e. The Hall–Kier alpha value is -1.08. The second-order valence-corrected chi connectivity index (χ2v) is 6.67. The molecule has 3 aromatic carbocycles. The van der Waals surface area contributed by atoms with Gasteiger partial charge in [0.2, 0.25) is 0 Å². The molecule has 3 rings (SSSR count). The molecule has 0 nitrogen and oxygen atoms in total. The second-order valence-electron chi connectivity index (χ2n) is 6.67. The number of benzene rings is 2. The van der Waals surface area contributed by atoms with Crippen molar-refractivity contribution in [2.75, 3.05) is 0 Å². The van der Waals surface area contributed by atoms with Crippen molar-refractivity contribution in [2.24, 2.45) is 0 Å². The molecule has 0 bridgehead atoms. The quantitative estimate of drug-likeness (QED) is 0.330. The molecule has 0 heterocycles. The van der Waals surface area contributed by atoms with Crippen molar-refractivity contribution in [2.45, 2.75) is 33.1 Å². The zero-order valence-corrected chi connectivity index (χ0v) is 16.8. The average molecular weight is 440 g/mol. The van der Waals surface area contributed by atoms with Crippen molar-refractivity contribution in [3.63, 3.8) is 0 Å². The van der Waals surface area contributed by atoms with E-state index in [-0.39, 0.29) is 31.3 Å². The van der Waals surface area contributed by atoms with Gasteiger partial charge in [-0.25, -0.2) is 0 Å². The maximum atomic E-state index is 2.28. The molecule has 0 spiro atoms. The summed E-state index contributed by atoms with van der Waals surface area (Å²) < 4.78 is 0. The first-order valence-electron chi connectivity index (χ1n) is 7.22. The van der Waals surface area contributed by atoms with Gasteiger partial charge in [0.1, 0.15) is 0 Å². The molecular weight excluding hydrogens is 419 g/mol. The Morgan fingerprint density at radius 1 is 0.905 bits per heavy atom. The van der Waals surface area contributed by atoms with Gasteiger partial charge < -0.3 is 0 Å². The Morgan fingerprint density at radius 3 is 2.19 bits per heavy atom. The molecule has 0 unspecified atom stereocenters. The van der Waals surface area contributed by atoms with Crippen LogP contribution in [0.3, 0.4) is 0 Å². The molecule has 0 N–H and O–H groups in total. The Morgan fingerprint density at radius 2 is 1.57 bits per heavy atom. The number of rotatable bonds is 1. The Balaban J connectivity index is 0.00000161. The van der Waals surface area contributed by atoms with E-state index in [1.807, 2.05) is 0 Å². The van der Waals surface area contributed by atoms with Crippen LogP contribution in [-0.2, 0) is 31.3 Å². The Bertz CT molecular complexity index is 740. The van der Waals surface area contributed by atoms with E-state index in [0.29, 0.717) is 0 Å². The van der Waals surface area contributed by atoms with E-state index in [4.69, 9.17) is 0 Å². The first kappa shape index (κ1) is 16.3. The predicted molar refractivity (Wildman–Crippen MR) is 88.4 cm³/mol. The van der Waals surface area contributed by atoms with E-state index >= 15 is 0 Å². The molecule has 0 aliphatic carbocycles. The van der Waals surface area contributed by atoms with Crippen molar-refractivity contribution in [3.05, 3.63) is 65.7 Å². The van der Waals surface area contributed by atoms with Crippen LogP contribution in [0.1, 0.15) is 31.9 Å². The molecule has 106 valence electrons. The number of hydrogen-bond donors (Lipinski definition) is 0. The monoisotopic (exact) mass is 441 g/mol. The minimum atomic E-state index is 0. The van der Waals surface area contributed by atoms with Crippen LogP contribution in [0, 0.1) is 6.92 Å². The van der Waals surface area contributed by atoms with E-state index in [9.17, 15) is 0 Å². The minimum absolute atomic E-state index is 0. The summed E-state index contributed by atoms with van der Waals surface area (Å²) in [5.74, 6) is 0. The van der Waals surface area contributed by atoms with Gasteiger partial charge in [-0.1, -0.05) is 63.6 Å². The van der Waals surface area contributed by atoms with Crippen molar-refractivity contribution < 1.29 is 25.8 Å². The average Bonchev–Trinajstić information content (AvgIpc) is 2.78. The van der Waals surface area contributed by atoms with Crippen LogP contribution in [0.5, 0.6) is 0 Å². The second kappa shape index (κ2) is 5.96. The van der Waals surface area contributed by atoms with Crippen LogP contribution in [0.2, 0.25) is 0 Å². The van der Waals surface area contributed by atoms with E-state index in [1.54, 1.807) is 0 Å². The maximum absolute atomic E-state index is 2.28. The van der Waals surface area contributed by atoms with Crippen LogP contribution in [0.15, 0.2) is 54.6 Å². The van der Waals surface area contributed by atoms with Crippen molar-refractivity contribution in [1.82, 2.24) is 0 Å². The molecule has 0 saturated heterocycles. The summed E-state index contributed by atoms with van der Waals surface area (Å²) in [6.45, 7) is 8.92. The van der Waals surface area contributed by atoms with Crippen LogP contribution in [0.25, 0.3) is 21.9 Å². The van der Waals surface area contributed by atoms with Crippen molar-refractivity contribution in [3.8, 4) is 11.1 Å². The fourth-order valence-corrected chi connectivity index (χ4v) is 2.79. The van der Waals surface area contributed by atoms with Crippen LogP contribution in [0.4, 0.5) is 0 Å². The summed E-state index contributed by atoms with van der Waals surface area (Å²) in [6, 6.07) is 20.1. The van der Waals surface area contributed by atoms with Crippen LogP contribution in [-0.4, -0.2) is 0 Å². The van der Waals surface area contributed by atoms with Crippen LogP contribution < -0.4 is 0 Å². The summed E-state index contributed by atoms with van der Waals surface area (Å²) in [7, 11) is 0.